The molecule has 0 unspecified atom stereocenters. The summed E-state index contributed by atoms with van der Waals surface area (Å²) >= 11 is 0. The molecule has 5 heteroatoms. The fourth-order valence-corrected chi connectivity index (χ4v) is 3.42. The summed E-state index contributed by atoms with van der Waals surface area (Å²) in [5, 5.41) is 0. The monoisotopic (exact) mass is 410 g/mol. The zero-order valence-corrected chi connectivity index (χ0v) is 18.3. The highest BCUT2D eigenvalue weighted by atomic mass is 16.2. The van der Waals surface area contributed by atoms with Crippen LogP contribution in [0.5, 0.6) is 0 Å². The number of rotatable bonds is 12. The third-order valence-electron chi connectivity index (χ3n) is 5.23. The number of carbonyl (C=O) groups excluding carboxylic acids is 3. The van der Waals surface area contributed by atoms with Gasteiger partial charge in [0.15, 0.2) is 0 Å². The second-order valence-electron chi connectivity index (χ2n) is 7.67. The molecule has 0 aliphatic carbocycles. The van der Waals surface area contributed by atoms with Crippen LogP contribution in [0.25, 0.3) is 6.08 Å². The Bertz CT molecular complexity index is 768. The van der Waals surface area contributed by atoms with Crippen molar-refractivity contribution in [1.29, 1.82) is 0 Å². The van der Waals surface area contributed by atoms with Crippen molar-refractivity contribution in [2.75, 3.05) is 13.1 Å². The second-order valence-corrected chi connectivity index (χ2v) is 7.67. The van der Waals surface area contributed by atoms with Gasteiger partial charge >= 0.3 is 6.03 Å². The summed E-state index contributed by atoms with van der Waals surface area (Å²) in [5.74, 6) is -0.973. The van der Waals surface area contributed by atoms with Crippen molar-refractivity contribution in [3.05, 3.63) is 53.6 Å². The average Bonchev–Trinajstić information content (AvgIpc) is 2.75. The van der Waals surface area contributed by atoms with Gasteiger partial charge in [-0.2, -0.15) is 0 Å². The molecule has 1 aliphatic rings. The van der Waals surface area contributed by atoms with Gasteiger partial charge in [-0.1, -0.05) is 94.9 Å². The van der Waals surface area contributed by atoms with E-state index in [1.54, 1.807) is 6.08 Å². The molecule has 1 heterocycles. The van der Waals surface area contributed by atoms with E-state index in [0.29, 0.717) is 13.1 Å². The molecular weight excluding hydrogens is 376 g/mol. The standard InChI is InChI=1S/C25H34N2O3/c1-3-5-7-8-9-13-20-27-24(29)22(18-14-17-21-15-11-10-12-16-21)23(28)26(25(27)30)19-6-4-2/h10-12,14-18H,3-9,13,19-20H2,1-2H3. The Morgan fingerprint density at radius 1 is 0.733 bits per heavy atom. The minimum Gasteiger partial charge on any atom is -0.268 e. The highest BCUT2D eigenvalue weighted by Crippen LogP contribution is 2.20. The van der Waals surface area contributed by atoms with E-state index in [1.165, 1.54) is 35.1 Å². The predicted molar refractivity (Wildman–Crippen MR) is 121 cm³/mol. The number of carbonyl (C=O) groups is 3. The largest absolute Gasteiger partial charge is 0.333 e. The van der Waals surface area contributed by atoms with Crippen LogP contribution in [0.15, 0.2) is 48.1 Å². The predicted octanol–water partition coefficient (Wildman–Crippen LogP) is 5.58. The highest BCUT2D eigenvalue weighted by Gasteiger charge is 2.40. The van der Waals surface area contributed by atoms with E-state index < -0.39 is 17.8 Å². The first-order valence-electron chi connectivity index (χ1n) is 11.2. The Hall–Kier alpha value is -2.69. The Balaban J connectivity index is 2.13. The maximum absolute atomic E-state index is 12.9. The molecule has 2 rings (SSSR count). The molecule has 4 amide bonds. The summed E-state index contributed by atoms with van der Waals surface area (Å²) in [6.07, 6.45) is 13.1. The van der Waals surface area contributed by atoms with Crippen molar-refractivity contribution >= 4 is 23.9 Å². The zero-order chi connectivity index (χ0) is 21.8. The smallest absolute Gasteiger partial charge is 0.268 e. The molecular formula is C25H34N2O3. The van der Waals surface area contributed by atoms with Gasteiger partial charge in [-0.15, -0.1) is 0 Å². The number of hydrogen-bond donors (Lipinski definition) is 0. The molecule has 0 atom stereocenters. The lowest BCUT2D eigenvalue weighted by Crippen LogP contribution is -2.56. The molecule has 0 saturated carbocycles. The molecule has 30 heavy (non-hydrogen) atoms. The summed E-state index contributed by atoms with van der Waals surface area (Å²) < 4.78 is 0. The van der Waals surface area contributed by atoms with Crippen molar-refractivity contribution in [3.63, 3.8) is 0 Å². The zero-order valence-electron chi connectivity index (χ0n) is 18.3. The number of nitrogens with zero attached hydrogens (tertiary/aromatic N) is 2. The van der Waals surface area contributed by atoms with E-state index in [4.69, 9.17) is 0 Å². The number of amides is 4. The fraction of sp³-hybridized carbons (Fsp3) is 0.480. The molecule has 1 aromatic rings. The third kappa shape index (κ3) is 6.68. The van der Waals surface area contributed by atoms with Gasteiger partial charge in [0.25, 0.3) is 11.8 Å². The van der Waals surface area contributed by atoms with Crippen LogP contribution in [0.2, 0.25) is 0 Å². The number of hydrogen-bond acceptors (Lipinski definition) is 3. The van der Waals surface area contributed by atoms with E-state index in [0.717, 1.165) is 37.7 Å². The van der Waals surface area contributed by atoms with Crippen molar-refractivity contribution in [3.8, 4) is 0 Å². The molecule has 5 nitrogen and oxygen atoms in total. The second kappa shape index (κ2) is 12.8. The van der Waals surface area contributed by atoms with Crippen LogP contribution in [0.1, 0.15) is 70.8 Å². The average molecular weight is 411 g/mol. The molecule has 0 bridgehead atoms. The van der Waals surface area contributed by atoms with Gasteiger partial charge in [0.2, 0.25) is 0 Å². The van der Waals surface area contributed by atoms with Crippen LogP contribution in [-0.2, 0) is 9.59 Å². The van der Waals surface area contributed by atoms with Crippen molar-refractivity contribution in [2.24, 2.45) is 0 Å². The van der Waals surface area contributed by atoms with E-state index in [2.05, 4.69) is 6.92 Å². The van der Waals surface area contributed by atoms with Gasteiger partial charge in [-0.25, -0.2) is 4.79 Å². The first-order valence-corrected chi connectivity index (χ1v) is 11.2. The fourth-order valence-electron chi connectivity index (χ4n) is 3.42. The Morgan fingerprint density at radius 3 is 1.93 bits per heavy atom. The van der Waals surface area contributed by atoms with Crippen LogP contribution >= 0.6 is 0 Å². The normalized spacial score (nSPS) is 16.3. The molecule has 1 aromatic carbocycles. The lowest BCUT2D eigenvalue weighted by atomic mass is 10.1. The molecule has 0 spiro atoms. The maximum atomic E-state index is 12.9. The number of imide groups is 2. The number of allylic oxidation sites excluding steroid dienone is 2. The van der Waals surface area contributed by atoms with Gasteiger partial charge in [0.05, 0.1) is 0 Å². The van der Waals surface area contributed by atoms with Crippen molar-refractivity contribution in [1.82, 2.24) is 9.80 Å². The molecule has 0 radical (unpaired) electrons. The van der Waals surface area contributed by atoms with Gasteiger partial charge in [-0.05, 0) is 24.5 Å². The van der Waals surface area contributed by atoms with Crippen LogP contribution in [-0.4, -0.2) is 40.7 Å². The maximum Gasteiger partial charge on any atom is 0.333 e. The highest BCUT2D eigenvalue weighted by molar-refractivity contribution is 6.28. The van der Waals surface area contributed by atoms with Crippen molar-refractivity contribution in [2.45, 2.75) is 65.2 Å². The number of benzene rings is 1. The van der Waals surface area contributed by atoms with E-state index in [1.807, 2.05) is 43.3 Å². The summed E-state index contributed by atoms with van der Waals surface area (Å²) in [7, 11) is 0. The minimum absolute atomic E-state index is 0.0591. The SMILES string of the molecule is CCCCCCCCN1C(=O)C(=CC=Cc2ccccc2)C(=O)N(CCCC)C1=O. The molecule has 0 N–H and O–H groups in total. The van der Waals surface area contributed by atoms with Crippen molar-refractivity contribution < 1.29 is 14.4 Å². The molecule has 162 valence electrons. The first-order chi connectivity index (χ1) is 14.6. The van der Waals surface area contributed by atoms with Crippen LogP contribution in [0, 0.1) is 0 Å². The van der Waals surface area contributed by atoms with Crippen LogP contribution < -0.4 is 0 Å². The molecule has 1 saturated heterocycles. The van der Waals surface area contributed by atoms with E-state index in [-0.39, 0.29) is 5.57 Å². The van der Waals surface area contributed by atoms with E-state index in [9.17, 15) is 14.4 Å². The Labute approximate surface area is 180 Å². The van der Waals surface area contributed by atoms with Gasteiger partial charge in [-0.3, -0.25) is 19.4 Å². The molecule has 0 aromatic heterocycles. The Morgan fingerprint density at radius 2 is 1.30 bits per heavy atom. The number of unbranched alkanes of at least 4 members (excludes halogenated alkanes) is 6. The Kier molecular flexibility index (Phi) is 10.1. The summed E-state index contributed by atoms with van der Waals surface area (Å²) in [5.41, 5.74) is 1.04. The quantitative estimate of drug-likeness (QED) is 0.257. The number of urea groups is 1. The first kappa shape index (κ1) is 23.6. The summed E-state index contributed by atoms with van der Waals surface area (Å²) in [4.78, 5) is 41.1. The third-order valence-corrected chi connectivity index (χ3v) is 5.23. The summed E-state index contributed by atoms with van der Waals surface area (Å²) in [6.45, 7) is 4.89. The number of barbiturate groups is 1. The summed E-state index contributed by atoms with van der Waals surface area (Å²) in [6, 6.07) is 9.20. The topological polar surface area (TPSA) is 57.7 Å². The minimum atomic E-state index is -0.490. The lowest BCUT2D eigenvalue weighted by molar-refractivity contribution is -0.136. The molecule has 1 aliphatic heterocycles. The van der Waals surface area contributed by atoms with Gasteiger partial charge in [0.1, 0.15) is 5.57 Å². The van der Waals surface area contributed by atoms with Gasteiger partial charge < -0.3 is 0 Å². The van der Waals surface area contributed by atoms with E-state index >= 15 is 0 Å². The molecule has 1 fully saturated rings. The van der Waals surface area contributed by atoms with Crippen LogP contribution in [0.4, 0.5) is 4.79 Å². The van der Waals surface area contributed by atoms with Gasteiger partial charge in [0, 0.05) is 13.1 Å². The van der Waals surface area contributed by atoms with Crippen LogP contribution in [0.3, 0.4) is 0 Å². The lowest BCUT2D eigenvalue weighted by Gasteiger charge is -2.34.